The molecule has 19 heavy (non-hydrogen) atoms. The molecule has 1 atom stereocenters. The molecule has 1 N–H and O–H groups in total. The lowest BCUT2D eigenvalue weighted by Gasteiger charge is -2.14. The minimum Gasteiger partial charge on any atom is -0.488 e. The van der Waals surface area contributed by atoms with Crippen molar-refractivity contribution < 1.29 is 4.74 Å². The summed E-state index contributed by atoms with van der Waals surface area (Å²) in [4.78, 5) is 5.18. The molecule has 3 nitrogen and oxygen atoms in total. The normalized spacial score (nSPS) is 12.3. The zero-order chi connectivity index (χ0) is 13.5. The predicted octanol–water partition coefficient (Wildman–Crippen LogP) is 3.78. The van der Waals surface area contributed by atoms with Gasteiger partial charge in [-0.3, -0.25) is 4.98 Å². The highest BCUT2D eigenvalue weighted by atomic mass is 32.1. The molecule has 0 spiro atoms. The number of nitrogens with one attached hydrogen (secondary N) is 1. The van der Waals surface area contributed by atoms with Gasteiger partial charge in [-0.05, 0) is 37.6 Å². The Labute approximate surface area is 118 Å². The van der Waals surface area contributed by atoms with Crippen molar-refractivity contribution >= 4 is 11.3 Å². The van der Waals surface area contributed by atoms with Gasteiger partial charge in [-0.15, -0.1) is 11.3 Å². The number of hydrogen-bond acceptors (Lipinski definition) is 4. The van der Waals surface area contributed by atoms with Crippen molar-refractivity contribution in [2.24, 2.45) is 0 Å². The van der Waals surface area contributed by atoms with E-state index in [1.165, 1.54) is 5.56 Å². The van der Waals surface area contributed by atoms with Crippen molar-refractivity contribution in [3.63, 3.8) is 0 Å². The lowest BCUT2D eigenvalue weighted by molar-refractivity contribution is 0.309. The van der Waals surface area contributed by atoms with Crippen molar-refractivity contribution in [2.75, 3.05) is 6.54 Å². The van der Waals surface area contributed by atoms with Crippen molar-refractivity contribution in [3.8, 4) is 5.75 Å². The summed E-state index contributed by atoms with van der Waals surface area (Å²) >= 11 is 1.62. The van der Waals surface area contributed by atoms with Gasteiger partial charge in [-0.25, -0.2) is 0 Å². The predicted molar refractivity (Wildman–Crippen MR) is 79.6 cm³/mol. The van der Waals surface area contributed by atoms with Gasteiger partial charge in [0.05, 0.1) is 10.4 Å². The smallest absolute Gasteiger partial charge is 0.124 e. The molecule has 0 radical (unpaired) electrons. The standard InChI is InChI=1S/C15H20N2OS/c1-3-7-17-12(2)13-5-4-6-14(8-13)18-10-15-9-16-11-19-15/h4-6,8-9,11-12,17H,3,7,10H2,1-2H3. The summed E-state index contributed by atoms with van der Waals surface area (Å²) in [5.41, 5.74) is 3.08. The lowest BCUT2D eigenvalue weighted by Crippen LogP contribution is -2.19. The average Bonchev–Trinajstić information content (AvgIpc) is 2.96. The van der Waals surface area contributed by atoms with Gasteiger partial charge >= 0.3 is 0 Å². The van der Waals surface area contributed by atoms with Crippen LogP contribution in [0.1, 0.15) is 36.8 Å². The Morgan fingerprint density at radius 2 is 2.32 bits per heavy atom. The van der Waals surface area contributed by atoms with E-state index in [1.807, 2.05) is 23.8 Å². The SMILES string of the molecule is CCCNC(C)c1cccc(OCc2cncs2)c1. The van der Waals surface area contributed by atoms with Crippen LogP contribution in [0.25, 0.3) is 0 Å². The van der Waals surface area contributed by atoms with Crippen LogP contribution >= 0.6 is 11.3 Å². The van der Waals surface area contributed by atoms with Crippen LogP contribution in [-0.4, -0.2) is 11.5 Å². The van der Waals surface area contributed by atoms with Gasteiger partial charge in [0.25, 0.3) is 0 Å². The molecule has 0 aliphatic rings. The number of benzene rings is 1. The van der Waals surface area contributed by atoms with Gasteiger partial charge < -0.3 is 10.1 Å². The van der Waals surface area contributed by atoms with Crippen LogP contribution in [0.15, 0.2) is 36.0 Å². The van der Waals surface area contributed by atoms with Crippen molar-refractivity contribution in [3.05, 3.63) is 46.4 Å². The first kappa shape index (κ1) is 14.0. The number of thiazole rings is 1. The van der Waals surface area contributed by atoms with Gasteiger partial charge in [0.1, 0.15) is 12.4 Å². The summed E-state index contributed by atoms with van der Waals surface area (Å²) in [6.45, 7) is 5.98. The van der Waals surface area contributed by atoms with Crippen molar-refractivity contribution in [1.29, 1.82) is 0 Å². The fourth-order valence-electron chi connectivity index (χ4n) is 1.82. The monoisotopic (exact) mass is 276 g/mol. The quantitative estimate of drug-likeness (QED) is 0.835. The molecule has 1 aromatic carbocycles. The van der Waals surface area contributed by atoms with E-state index in [0.717, 1.165) is 23.6 Å². The van der Waals surface area contributed by atoms with E-state index in [2.05, 4.69) is 36.3 Å². The third kappa shape index (κ3) is 4.33. The minimum absolute atomic E-state index is 0.354. The Kier molecular flexibility index (Phi) is 5.36. The summed E-state index contributed by atoms with van der Waals surface area (Å²) in [6.07, 6.45) is 2.99. The molecule has 1 unspecified atom stereocenters. The van der Waals surface area contributed by atoms with Crippen LogP contribution in [0, 0.1) is 0 Å². The second kappa shape index (κ2) is 7.26. The summed E-state index contributed by atoms with van der Waals surface area (Å²) in [6, 6.07) is 8.63. The molecule has 2 rings (SSSR count). The molecule has 2 aromatic rings. The van der Waals surface area contributed by atoms with Gasteiger partial charge in [0.2, 0.25) is 0 Å². The molecule has 102 valence electrons. The first-order valence-corrected chi connectivity index (χ1v) is 7.51. The Morgan fingerprint density at radius 1 is 1.42 bits per heavy atom. The highest BCUT2D eigenvalue weighted by molar-refractivity contribution is 7.09. The van der Waals surface area contributed by atoms with Crippen LogP contribution in [-0.2, 0) is 6.61 Å². The number of hydrogen-bond donors (Lipinski definition) is 1. The second-order valence-corrected chi connectivity index (χ2v) is 5.48. The molecule has 0 saturated heterocycles. The maximum absolute atomic E-state index is 5.79. The molecule has 0 saturated carbocycles. The maximum Gasteiger partial charge on any atom is 0.124 e. The van der Waals surface area contributed by atoms with E-state index in [1.54, 1.807) is 11.3 Å². The average molecular weight is 276 g/mol. The van der Waals surface area contributed by atoms with E-state index in [9.17, 15) is 0 Å². The Hall–Kier alpha value is -1.39. The Bertz CT molecular complexity index is 485. The van der Waals surface area contributed by atoms with Crippen LogP contribution in [0.2, 0.25) is 0 Å². The van der Waals surface area contributed by atoms with Crippen molar-refractivity contribution in [2.45, 2.75) is 32.9 Å². The number of nitrogens with zero attached hydrogens (tertiary/aromatic N) is 1. The zero-order valence-electron chi connectivity index (χ0n) is 11.4. The van der Waals surface area contributed by atoms with Crippen LogP contribution in [0.4, 0.5) is 0 Å². The second-order valence-electron chi connectivity index (χ2n) is 4.50. The molecule has 0 bridgehead atoms. The summed E-state index contributed by atoms with van der Waals surface area (Å²) < 4.78 is 5.79. The van der Waals surface area contributed by atoms with E-state index in [-0.39, 0.29) is 0 Å². The minimum atomic E-state index is 0.354. The summed E-state index contributed by atoms with van der Waals surface area (Å²) in [7, 11) is 0. The summed E-state index contributed by atoms with van der Waals surface area (Å²) in [5.74, 6) is 0.913. The Balaban J connectivity index is 1.94. The topological polar surface area (TPSA) is 34.1 Å². The molecule has 1 aromatic heterocycles. The number of aromatic nitrogens is 1. The highest BCUT2D eigenvalue weighted by Gasteiger charge is 2.05. The Morgan fingerprint density at radius 3 is 3.05 bits per heavy atom. The first-order valence-electron chi connectivity index (χ1n) is 6.63. The number of rotatable bonds is 7. The van der Waals surface area contributed by atoms with Crippen LogP contribution < -0.4 is 10.1 Å². The third-order valence-corrected chi connectivity index (χ3v) is 3.68. The zero-order valence-corrected chi connectivity index (χ0v) is 12.2. The summed E-state index contributed by atoms with van der Waals surface area (Å²) in [5, 5.41) is 3.48. The maximum atomic E-state index is 5.79. The molecule has 0 aliphatic carbocycles. The van der Waals surface area contributed by atoms with Crippen LogP contribution in [0.3, 0.4) is 0 Å². The molecule has 1 heterocycles. The van der Waals surface area contributed by atoms with Gasteiger partial charge in [0, 0.05) is 12.2 Å². The van der Waals surface area contributed by atoms with Gasteiger partial charge in [-0.2, -0.15) is 0 Å². The van der Waals surface area contributed by atoms with Gasteiger partial charge in [-0.1, -0.05) is 19.1 Å². The fourth-order valence-corrected chi connectivity index (χ4v) is 2.33. The highest BCUT2D eigenvalue weighted by Crippen LogP contribution is 2.20. The number of ether oxygens (including phenoxy) is 1. The molecular weight excluding hydrogens is 256 g/mol. The first-order chi connectivity index (χ1) is 9.29. The van der Waals surface area contributed by atoms with Crippen LogP contribution in [0.5, 0.6) is 5.75 Å². The largest absolute Gasteiger partial charge is 0.488 e. The molecular formula is C15H20N2OS. The molecule has 0 aliphatic heterocycles. The molecule has 0 fully saturated rings. The molecule has 0 amide bonds. The van der Waals surface area contributed by atoms with E-state index >= 15 is 0 Å². The lowest BCUT2D eigenvalue weighted by atomic mass is 10.1. The van der Waals surface area contributed by atoms with E-state index in [4.69, 9.17) is 4.74 Å². The third-order valence-electron chi connectivity index (χ3n) is 2.92. The van der Waals surface area contributed by atoms with E-state index < -0.39 is 0 Å². The van der Waals surface area contributed by atoms with Gasteiger partial charge in [0.15, 0.2) is 0 Å². The van der Waals surface area contributed by atoms with E-state index in [0.29, 0.717) is 12.6 Å². The molecule has 4 heteroatoms. The van der Waals surface area contributed by atoms with Crippen molar-refractivity contribution in [1.82, 2.24) is 10.3 Å². The fraction of sp³-hybridized carbons (Fsp3) is 0.400.